The second-order valence-electron chi connectivity index (χ2n) is 4.49. The second kappa shape index (κ2) is 3.93. The third kappa shape index (κ3) is 1.74. The molecule has 0 spiro atoms. The van der Waals surface area contributed by atoms with Gasteiger partial charge >= 0.3 is 5.51 Å². The average molecular weight is 358 g/mol. The lowest BCUT2D eigenvalue weighted by atomic mass is 10.2. The molecule has 1 aromatic carbocycles. The van der Waals surface area contributed by atoms with Gasteiger partial charge in [0.2, 0.25) is 0 Å². The quantitative estimate of drug-likeness (QED) is 0.570. The van der Waals surface area contributed by atoms with E-state index in [1.165, 1.54) is 6.07 Å². The molecule has 0 bridgehead atoms. The Balaban J connectivity index is 2.21. The summed E-state index contributed by atoms with van der Waals surface area (Å²) in [5, 5.41) is 0.347. The lowest BCUT2D eigenvalue weighted by Gasteiger charge is -2.35. The van der Waals surface area contributed by atoms with Crippen LogP contribution >= 0.6 is 34.9 Å². The van der Waals surface area contributed by atoms with Crippen molar-refractivity contribution in [1.82, 2.24) is 0 Å². The number of hydrogen-bond acceptors (Lipinski definition) is 0. The Morgan fingerprint density at radius 2 is 1.94 bits per heavy atom. The first-order chi connectivity index (χ1) is 8.34. The van der Waals surface area contributed by atoms with Gasteiger partial charge in [-0.05, 0) is 70.7 Å². The van der Waals surface area contributed by atoms with E-state index in [4.69, 9.17) is 11.6 Å². The summed E-state index contributed by atoms with van der Waals surface area (Å²) in [4.78, 5) is 0.802. The van der Waals surface area contributed by atoms with Crippen LogP contribution in [-0.2, 0) is 0 Å². The molecule has 1 fully saturated rings. The minimum absolute atomic E-state index is 0.0761. The van der Waals surface area contributed by atoms with E-state index in [1.807, 2.05) is 0 Å². The molecule has 0 nitrogen and oxygen atoms in total. The zero-order chi connectivity index (χ0) is 13.1. The van der Waals surface area contributed by atoms with Crippen LogP contribution in [0, 0.1) is 5.92 Å². The molecule has 1 aromatic rings. The Hall–Kier alpha value is -0.130. The first-order valence-corrected chi connectivity index (χ1v) is 9.30. The number of halogens is 5. The smallest absolute Gasteiger partial charge is 0.160 e. The fraction of sp³-hybridized carbons (Fsp3) is 0.333. The average Bonchev–Trinajstić information content (AvgIpc) is 3.05. The highest BCUT2D eigenvalue weighted by atomic mass is 79.9. The van der Waals surface area contributed by atoms with Crippen LogP contribution in [0.25, 0.3) is 6.08 Å². The van der Waals surface area contributed by atoms with Crippen LogP contribution in [-0.4, -0.2) is 5.51 Å². The van der Waals surface area contributed by atoms with Gasteiger partial charge in [-0.15, -0.1) is 0 Å². The van der Waals surface area contributed by atoms with Crippen molar-refractivity contribution in [2.75, 3.05) is 0 Å². The summed E-state index contributed by atoms with van der Waals surface area (Å²) >= 11 is 8.88. The first-order valence-electron chi connectivity index (χ1n) is 5.44. The third-order valence-corrected chi connectivity index (χ3v) is 9.40. The van der Waals surface area contributed by atoms with Crippen molar-refractivity contribution in [3.05, 3.63) is 33.7 Å². The molecule has 0 amide bonds. The highest BCUT2D eigenvalue weighted by Crippen LogP contribution is 2.83. The van der Waals surface area contributed by atoms with E-state index in [1.54, 1.807) is 18.2 Å². The molecule has 1 unspecified atom stereocenters. The standard InChI is InChI=1S/C12H9BrClF3S/c13-18(12(15,16)17)10(7-1-2-7)5-8-3-4-9(14)6-11(8)18/h3-7H,1-2H2. The molecular weight excluding hydrogens is 349 g/mol. The maximum atomic E-state index is 13.5. The summed E-state index contributed by atoms with van der Waals surface area (Å²) < 4.78 is 40.5. The van der Waals surface area contributed by atoms with Gasteiger partial charge in [-0.3, -0.25) is 0 Å². The highest BCUT2D eigenvalue weighted by Gasteiger charge is 2.58. The molecule has 1 aliphatic heterocycles. The lowest BCUT2D eigenvalue weighted by molar-refractivity contribution is -0.0356. The van der Waals surface area contributed by atoms with Gasteiger partial charge in [-0.25, -0.2) is 0 Å². The van der Waals surface area contributed by atoms with Gasteiger partial charge in [0.25, 0.3) is 0 Å². The molecule has 0 N–H and O–H groups in total. The zero-order valence-electron chi connectivity index (χ0n) is 9.10. The Labute approximate surface area is 117 Å². The molecule has 0 saturated heterocycles. The number of benzene rings is 1. The number of allylic oxidation sites excluding steroid dienone is 1. The van der Waals surface area contributed by atoms with Crippen LogP contribution in [0.3, 0.4) is 0 Å². The molecule has 1 heterocycles. The number of hydrogen-bond donors (Lipinski definition) is 0. The van der Waals surface area contributed by atoms with Crippen LogP contribution in [0.15, 0.2) is 28.0 Å². The monoisotopic (exact) mass is 356 g/mol. The zero-order valence-corrected chi connectivity index (χ0v) is 12.3. The van der Waals surface area contributed by atoms with Gasteiger partial charge in [0.05, 0.1) is 0 Å². The van der Waals surface area contributed by atoms with Gasteiger partial charge < -0.3 is 0 Å². The molecule has 18 heavy (non-hydrogen) atoms. The maximum absolute atomic E-state index is 13.5. The molecule has 0 aromatic heterocycles. The third-order valence-electron chi connectivity index (χ3n) is 3.20. The molecule has 1 atom stereocenters. The van der Waals surface area contributed by atoms with Gasteiger partial charge in [-0.1, -0.05) is 17.7 Å². The SMILES string of the molecule is FC(F)(F)S1(Br)C(C2CC2)=Cc2ccc(Cl)cc21. The van der Waals surface area contributed by atoms with Crippen molar-refractivity contribution in [3.8, 4) is 0 Å². The highest BCUT2D eigenvalue weighted by molar-refractivity contribution is 9.59. The predicted octanol–water partition coefficient (Wildman–Crippen LogP) is 6.10. The van der Waals surface area contributed by atoms with E-state index in [-0.39, 0.29) is 5.92 Å². The van der Waals surface area contributed by atoms with Crippen LogP contribution in [0.1, 0.15) is 18.4 Å². The van der Waals surface area contributed by atoms with E-state index < -0.39 is 14.0 Å². The van der Waals surface area contributed by atoms with Crippen molar-refractivity contribution in [1.29, 1.82) is 0 Å². The van der Waals surface area contributed by atoms with Crippen LogP contribution in [0.4, 0.5) is 13.2 Å². The van der Waals surface area contributed by atoms with E-state index in [0.29, 0.717) is 20.4 Å². The largest absolute Gasteiger partial charge is 0.442 e. The van der Waals surface area contributed by atoms with Crippen LogP contribution in [0.5, 0.6) is 0 Å². The minimum Gasteiger partial charge on any atom is -0.160 e. The summed E-state index contributed by atoms with van der Waals surface area (Å²) in [7, 11) is -3.09. The molecule has 1 aliphatic carbocycles. The fourth-order valence-corrected chi connectivity index (χ4v) is 6.85. The molecule has 6 heteroatoms. The van der Waals surface area contributed by atoms with E-state index in [0.717, 1.165) is 12.8 Å². The number of rotatable bonds is 1. The summed E-state index contributed by atoms with van der Waals surface area (Å²) in [6, 6.07) is 4.75. The summed E-state index contributed by atoms with van der Waals surface area (Å²) in [5.74, 6) is 0.0761. The topological polar surface area (TPSA) is 0 Å². The maximum Gasteiger partial charge on any atom is 0.442 e. The molecular formula is C12H9BrClF3S. The van der Waals surface area contributed by atoms with Crippen molar-refractivity contribution in [2.24, 2.45) is 5.92 Å². The Kier molecular flexibility index (Phi) is 2.81. The predicted molar refractivity (Wildman–Crippen MR) is 73.0 cm³/mol. The summed E-state index contributed by atoms with van der Waals surface area (Å²) in [6.07, 6.45) is 3.40. The summed E-state index contributed by atoms with van der Waals surface area (Å²) in [5.41, 5.74) is -3.64. The van der Waals surface area contributed by atoms with Crippen molar-refractivity contribution in [3.63, 3.8) is 0 Å². The normalized spacial score (nSPS) is 30.6. The minimum atomic E-state index is -4.28. The number of fused-ring (bicyclic) bond motifs is 1. The van der Waals surface area contributed by atoms with Gasteiger partial charge in [0, 0.05) is 9.92 Å². The molecule has 2 aliphatic rings. The van der Waals surface area contributed by atoms with Crippen LogP contribution < -0.4 is 0 Å². The first kappa shape index (κ1) is 12.9. The molecule has 0 radical (unpaired) electrons. The Morgan fingerprint density at radius 3 is 2.50 bits per heavy atom. The lowest BCUT2D eigenvalue weighted by Crippen LogP contribution is -2.16. The molecule has 98 valence electrons. The van der Waals surface area contributed by atoms with Gasteiger partial charge in [0.15, 0.2) is 0 Å². The Bertz CT molecular complexity index is 551. The fourth-order valence-electron chi connectivity index (χ4n) is 2.21. The number of alkyl halides is 3. The van der Waals surface area contributed by atoms with Crippen molar-refractivity contribution in [2.45, 2.75) is 23.2 Å². The van der Waals surface area contributed by atoms with E-state index in [9.17, 15) is 13.2 Å². The van der Waals surface area contributed by atoms with Crippen molar-refractivity contribution < 1.29 is 13.2 Å². The summed E-state index contributed by atoms with van der Waals surface area (Å²) in [6.45, 7) is 0. The van der Waals surface area contributed by atoms with Crippen LogP contribution in [0.2, 0.25) is 5.02 Å². The second-order valence-corrected chi connectivity index (χ2v) is 10.3. The Morgan fingerprint density at radius 1 is 1.28 bits per heavy atom. The molecule has 1 saturated carbocycles. The van der Waals surface area contributed by atoms with E-state index >= 15 is 0 Å². The van der Waals surface area contributed by atoms with Crippen molar-refractivity contribution >= 4 is 41.0 Å². The van der Waals surface area contributed by atoms with Gasteiger partial charge in [-0.2, -0.15) is 13.2 Å². The molecule has 3 rings (SSSR count). The van der Waals surface area contributed by atoms with Gasteiger partial charge in [0.1, 0.15) is 0 Å². The van der Waals surface area contributed by atoms with E-state index in [2.05, 4.69) is 14.8 Å².